The smallest absolute Gasteiger partial charge is 0.314 e. The lowest BCUT2D eigenvalue weighted by atomic mass is 9.76. The highest BCUT2D eigenvalue weighted by molar-refractivity contribution is 5.78. The van der Waals surface area contributed by atoms with E-state index in [0.717, 1.165) is 0 Å². The molecule has 0 saturated heterocycles. The molecule has 1 rings (SSSR count). The van der Waals surface area contributed by atoms with Crippen molar-refractivity contribution in [3.8, 4) is 0 Å². The molecule has 0 unspecified atom stereocenters. The van der Waals surface area contributed by atoms with E-state index >= 15 is 0 Å². The van der Waals surface area contributed by atoms with Crippen molar-refractivity contribution in [2.75, 3.05) is 13.7 Å². The van der Waals surface area contributed by atoms with Gasteiger partial charge in [0.15, 0.2) is 0 Å². The molecule has 94 valence electrons. The summed E-state index contributed by atoms with van der Waals surface area (Å²) in [6, 6.07) is -0.257. The van der Waals surface area contributed by atoms with Crippen molar-refractivity contribution in [1.29, 1.82) is 0 Å². The second-order valence-electron chi connectivity index (χ2n) is 4.61. The minimum atomic E-state index is -1.17. The van der Waals surface area contributed by atoms with Gasteiger partial charge in [-0.1, -0.05) is 0 Å². The average Bonchev–Trinajstić information content (AvgIpc) is 2.44. The number of rotatable bonds is 4. The average molecular weight is 231 g/mol. The Morgan fingerprint density at radius 1 is 1.56 bits per heavy atom. The largest absolute Gasteiger partial charge is 0.465 e. The number of hydrogen-bond acceptors (Lipinski definition) is 5. The van der Waals surface area contributed by atoms with Crippen molar-refractivity contribution in [1.82, 2.24) is 5.48 Å². The maximum absolute atomic E-state index is 11.9. The summed E-state index contributed by atoms with van der Waals surface area (Å²) in [4.78, 5) is 16.7. The molecule has 5 nitrogen and oxygen atoms in total. The molecule has 0 aliphatic heterocycles. The number of hydrogen-bond donors (Lipinski definition) is 2. The normalized spacial score (nSPS) is 38.7. The highest BCUT2D eigenvalue weighted by Gasteiger charge is 2.59. The molecular formula is C11H21NO4. The zero-order valence-electron chi connectivity index (χ0n) is 10.4. The van der Waals surface area contributed by atoms with Crippen molar-refractivity contribution >= 4 is 5.97 Å². The third-order valence-corrected chi connectivity index (χ3v) is 3.71. The Morgan fingerprint density at radius 3 is 2.69 bits per heavy atom. The number of ether oxygens (including phenoxy) is 1. The summed E-state index contributed by atoms with van der Waals surface area (Å²) in [5.41, 5.74) is 0.682. The maximum atomic E-state index is 11.9. The van der Waals surface area contributed by atoms with Crippen LogP contribution < -0.4 is 5.48 Å². The summed E-state index contributed by atoms with van der Waals surface area (Å²) in [6.07, 6.45) is 1.26. The highest BCUT2D eigenvalue weighted by Crippen LogP contribution is 2.47. The molecule has 0 amide bonds. The fourth-order valence-corrected chi connectivity index (χ4v) is 2.27. The van der Waals surface area contributed by atoms with E-state index in [0.29, 0.717) is 19.4 Å². The number of aliphatic hydroxyl groups is 1. The van der Waals surface area contributed by atoms with E-state index in [1.54, 1.807) is 20.8 Å². The third-order valence-electron chi connectivity index (χ3n) is 3.71. The quantitative estimate of drug-likeness (QED) is 0.548. The first-order valence-corrected chi connectivity index (χ1v) is 5.58. The van der Waals surface area contributed by atoms with Crippen molar-refractivity contribution in [3.63, 3.8) is 0 Å². The summed E-state index contributed by atoms with van der Waals surface area (Å²) in [7, 11) is 1.50. The van der Waals surface area contributed by atoms with Crippen LogP contribution in [0.5, 0.6) is 0 Å². The predicted octanol–water partition coefficient (Wildman–Crippen LogP) is 0.620. The number of carbonyl (C=O) groups is 1. The van der Waals surface area contributed by atoms with Crippen molar-refractivity contribution < 1.29 is 19.5 Å². The van der Waals surface area contributed by atoms with Gasteiger partial charge in [-0.15, -0.1) is 0 Å². The Kier molecular flexibility index (Phi) is 3.93. The molecule has 1 fully saturated rings. The van der Waals surface area contributed by atoms with Gasteiger partial charge in [0, 0.05) is 0 Å². The molecule has 1 saturated carbocycles. The van der Waals surface area contributed by atoms with Crippen LogP contribution in [0.4, 0.5) is 0 Å². The van der Waals surface area contributed by atoms with Crippen LogP contribution >= 0.6 is 0 Å². The van der Waals surface area contributed by atoms with Crippen molar-refractivity contribution in [3.05, 3.63) is 0 Å². The van der Waals surface area contributed by atoms with Gasteiger partial charge in [0.1, 0.15) is 0 Å². The number of nitrogens with one attached hydrogen (secondary N) is 1. The molecule has 0 spiro atoms. The van der Waals surface area contributed by atoms with Crippen LogP contribution in [0.1, 0.15) is 33.6 Å². The van der Waals surface area contributed by atoms with Crippen LogP contribution in [0.3, 0.4) is 0 Å². The Bertz CT molecular complexity index is 267. The zero-order chi connectivity index (χ0) is 12.4. The van der Waals surface area contributed by atoms with Crippen LogP contribution in [0.25, 0.3) is 0 Å². The first-order chi connectivity index (χ1) is 7.40. The lowest BCUT2D eigenvalue weighted by Crippen LogP contribution is -2.55. The van der Waals surface area contributed by atoms with E-state index in [4.69, 9.17) is 9.57 Å². The maximum Gasteiger partial charge on any atom is 0.314 e. The molecule has 1 aliphatic carbocycles. The molecule has 2 N–H and O–H groups in total. The first kappa shape index (κ1) is 13.4. The summed E-state index contributed by atoms with van der Waals surface area (Å²) < 4.78 is 5.02. The molecule has 3 atom stereocenters. The minimum absolute atomic E-state index is 0.257. The standard InChI is InChI=1S/C11H21NO4/c1-5-16-9(13)10(2)7-6-8(12-15-4)11(10,3)14/h8,12,14H,5-7H2,1-4H3/t8-,10-,11+/m1/s1. The lowest BCUT2D eigenvalue weighted by molar-refractivity contribution is -0.171. The molecule has 16 heavy (non-hydrogen) atoms. The van der Waals surface area contributed by atoms with E-state index in [-0.39, 0.29) is 12.0 Å². The third kappa shape index (κ3) is 1.95. The van der Waals surface area contributed by atoms with Crippen LogP contribution in [0, 0.1) is 5.41 Å². The fraction of sp³-hybridized carbons (Fsp3) is 0.909. The van der Waals surface area contributed by atoms with Gasteiger partial charge >= 0.3 is 5.97 Å². The fourth-order valence-electron chi connectivity index (χ4n) is 2.27. The van der Waals surface area contributed by atoms with Crippen LogP contribution in [-0.4, -0.2) is 36.4 Å². The predicted molar refractivity (Wildman–Crippen MR) is 58.5 cm³/mol. The summed E-state index contributed by atoms with van der Waals surface area (Å²) in [5.74, 6) is -0.347. The molecule has 0 bridgehead atoms. The number of carbonyl (C=O) groups excluding carboxylic acids is 1. The van der Waals surface area contributed by atoms with Gasteiger partial charge in [0.25, 0.3) is 0 Å². The van der Waals surface area contributed by atoms with Gasteiger partial charge in [0.2, 0.25) is 0 Å². The first-order valence-electron chi connectivity index (χ1n) is 5.58. The van der Waals surface area contributed by atoms with Crippen LogP contribution in [0.2, 0.25) is 0 Å². The lowest BCUT2D eigenvalue weighted by Gasteiger charge is -2.37. The Balaban J connectivity index is 2.86. The van der Waals surface area contributed by atoms with Crippen LogP contribution in [-0.2, 0) is 14.4 Å². The number of esters is 1. The van der Waals surface area contributed by atoms with E-state index < -0.39 is 11.0 Å². The monoisotopic (exact) mass is 231 g/mol. The van der Waals surface area contributed by atoms with E-state index in [2.05, 4.69) is 5.48 Å². The molecule has 0 aromatic rings. The van der Waals surface area contributed by atoms with Gasteiger partial charge in [-0.25, -0.2) is 0 Å². The molecule has 0 radical (unpaired) electrons. The molecular weight excluding hydrogens is 210 g/mol. The molecule has 5 heteroatoms. The SMILES string of the molecule is CCOC(=O)[C@@]1(C)CC[C@@H](NOC)[C@]1(C)O. The van der Waals surface area contributed by atoms with Gasteiger partial charge in [-0.2, -0.15) is 5.48 Å². The van der Waals surface area contributed by atoms with Gasteiger partial charge < -0.3 is 14.7 Å². The number of hydroxylamine groups is 1. The van der Waals surface area contributed by atoms with Crippen LogP contribution in [0.15, 0.2) is 0 Å². The summed E-state index contributed by atoms with van der Waals surface area (Å²) in [6.45, 7) is 5.47. The van der Waals surface area contributed by atoms with Gasteiger partial charge in [0.05, 0.1) is 30.8 Å². The minimum Gasteiger partial charge on any atom is -0.465 e. The Hall–Kier alpha value is -0.650. The zero-order valence-corrected chi connectivity index (χ0v) is 10.4. The topological polar surface area (TPSA) is 67.8 Å². The second-order valence-corrected chi connectivity index (χ2v) is 4.61. The molecule has 1 aliphatic rings. The molecule has 0 heterocycles. The van der Waals surface area contributed by atoms with E-state index in [9.17, 15) is 9.90 Å². The van der Waals surface area contributed by atoms with E-state index in [1.807, 2.05) is 0 Å². The second kappa shape index (κ2) is 4.69. The molecule has 0 aromatic carbocycles. The van der Waals surface area contributed by atoms with Crippen molar-refractivity contribution in [2.24, 2.45) is 5.41 Å². The van der Waals surface area contributed by atoms with Gasteiger partial charge in [-0.05, 0) is 33.6 Å². The summed E-state index contributed by atoms with van der Waals surface area (Å²) >= 11 is 0. The highest BCUT2D eigenvalue weighted by atomic mass is 16.6. The summed E-state index contributed by atoms with van der Waals surface area (Å²) in [5, 5.41) is 10.5. The Labute approximate surface area is 96.1 Å². The molecule has 0 aromatic heterocycles. The Morgan fingerprint density at radius 2 is 2.19 bits per heavy atom. The van der Waals surface area contributed by atoms with E-state index in [1.165, 1.54) is 7.11 Å². The van der Waals surface area contributed by atoms with Gasteiger partial charge in [-0.3, -0.25) is 4.79 Å². The van der Waals surface area contributed by atoms with Crippen molar-refractivity contribution in [2.45, 2.75) is 45.3 Å².